The average Bonchev–Trinajstić information content (AvgIpc) is 2.77. The third-order valence-electron chi connectivity index (χ3n) is 3.83. The normalized spacial score (nSPS) is 29.1. The smallest absolute Gasteiger partial charge is 0.316 e. The third-order valence-corrected chi connectivity index (χ3v) is 3.83. The van der Waals surface area contributed by atoms with E-state index in [1.165, 1.54) is 0 Å². The number of hydrogen-bond acceptors (Lipinski definition) is 4. The quantitative estimate of drug-likeness (QED) is 0.737. The van der Waals surface area contributed by atoms with E-state index in [0.29, 0.717) is 32.7 Å². The van der Waals surface area contributed by atoms with Gasteiger partial charge >= 0.3 is 5.97 Å². The van der Waals surface area contributed by atoms with Gasteiger partial charge < -0.3 is 14.2 Å². The predicted octanol–water partition coefficient (Wildman–Crippen LogP) is 2.60. The number of hydrogen-bond donors (Lipinski definition) is 0. The van der Waals surface area contributed by atoms with Crippen LogP contribution in [0.15, 0.2) is 23.8 Å². The Morgan fingerprint density at radius 3 is 2.63 bits per heavy atom. The van der Waals surface area contributed by atoms with Gasteiger partial charge in [-0.1, -0.05) is 18.2 Å². The minimum atomic E-state index is -0.746. The maximum Gasteiger partial charge on any atom is 0.316 e. The fraction of sp³-hybridized carbons (Fsp3) is 0.667. The van der Waals surface area contributed by atoms with Crippen LogP contribution in [-0.2, 0) is 19.0 Å². The summed E-state index contributed by atoms with van der Waals surface area (Å²) in [6.45, 7) is 11.1. The first-order valence-electron chi connectivity index (χ1n) is 6.75. The molecular weight excluding hydrogens is 244 g/mol. The molecule has 0 amide bonds. The van der Waals surface area contributed by atoms with Crippen molar-refractivity contribution < 1.29 is 19.0 Å². The summed E-state index contributed by atoms with van der Waals surface area (Å²) < 4.78 is 16.7. The number of carbonyl (C=O) groups is 1. The van der Waals surface area contributed by atoms with E-state index in [0.717, 1.165) is 11.1 Å². The van der Waals surface area contributed by atoms with E-state index in [1.54, 1.807) is 0 Å². The molecule has 0 bridgehead atoms. The molecule has 1 heterocycles. The lowest BCUT2D eigenvalue weighted by molar-refractivity contribution is -0.190. The lowest BCUT2D eigenvalue weighted by Crippen LogP contribution is -2.45. The highest BCUT2D eigenvalue weighted by Gasteiger charge is 2.52. The molecule has 0 radical (unpaired) electrons. The Kier molecular flexibility index (Phi) is 3.83. The number of esters is 1. The summed E-state index contributed by atoms with van der Waals surface area (Å²) in [5.41, 5.74) is 1.09. The Bertz CT molecular complexity index is 418. The van der Waals surface area contributed by atoms with E-state index in [4.69, 9.17) is 14.2 Å². The molecule has 4 heteroatoms. The van der Waals surface area contributed by atoms with Gasteiger partial charge in [-0.2, -0.15) is 0 Å². The first-order valence-corrected chi connectivity index (χ1v) is 6.75. The molecule has 1 spiro atoms. The van der Waals surface area contributed by atoms with E-state index >= 15 is 0 Å². The second-order valence-electron chi connectivity index (χ2n) is 5.44. The number of carbonyl (C=O) groups excluding carboxylic acids is 1. The summed E-state index contributed by atoms with van der Waals surface area (Å²) >= 11 is 0. The molecule has 0 aromatic heterocycles. The standard InChI is InChI=1S/C15H22O4/c1-5-17-13(16)14(4)10-15(18-8-9-19-15)7-6-12(14)11(2)3/h6H,2,5,7-10H2,1,3-4H3. The molecule has 2 rings (SSSR count). The van der Waals surface area contributed by atoms with Crippen molar-refractivity contribution in [1.82, 2.24) is 0 Å². The second-order valence-corrected chi connectivity index (χ2v) is 5.44. The average molecular weight is 266 g/mol. The zero-order valence-corrected chi connectivity index (χ0v) is 12.0. The van der Waals surface area contributed by atoms with E-state index in [-0.39, 0.29) is 5.97 Å². The van der Waals surface area contributed by atoms with Crippen LogP contribution < -0.4 is 0 Å². The molecular formula is C15H22O4. The minimum absolute atomic E-state index is 0.234. The molecule has 4 nitrogen and oxygen atoms in total. The molecule has 2 aliphatic rings. The summed E-state index contributed by atoms with van der Waals surface area (Å²) in [4.78, 5) is 12.4. The molecule has 1 atom stereocenters. The Labute approximate surface area is 114 Å². The number of allylic oxidation sites excluding steroid dienone is 1. The fourth-order valence-electron chi connectivity index (χ4n) is 3.02. The topological polar surface area (TPSA) is 44.8 Å². The van der Waals surface area contributed by atoms with Crippen molar-refractivity contribution in [3.05, 3.63) is 23.8 Å². The predicted molar refractivity (Wildman–Crippen MR) is 71.5 cm³/mol. The van der Waals surface area contributed by atoms with Crippen LogP contribution in [-0.4, -0.2) is 31.6 Å². The van der Waals surface area contributed by atoms with Gasteiger partial charge in [-0.3, -0.25) is 4.79 Å². The number of rotatable bonds is 3. The lowest BCUT2D eigenvalue weighted by Gasteiger charge is -2.41. The van der Waals surface area contributed by atoms with E-state index in [9.17, 15) is 4.79 Å². The van der Waals surface area contributed by atoms with E-state index < -0.39 is 11.2 Å². The monoisotopic (exact) mass is 266 g/mol. The van der Waals surface area contributed by atoms with Crippen LogP contribution in [0.3, 0.4) is 0 Å². The maximum atomic E-state index is 12.4. The largest absolute Gasteiger partial charge is 0.465 e. The molecule has 1 aliphatic heterocycles. The van der Waals surface area contributed by atoms with Gasteiger partial charge in [0.2, 0.25) is 0 Å². The van der Waals surface area contributed by atoms with Crippen LogP contribution in [0.4, 0.5) is 0 Å². The van der Waals surface area contributed by atoms with Crippen LogP contribution in [0.2, 0.25) is 0 Å². The van der Waals surface area contributed by atoms with Crippen LogP contribution in [0, 0.1) is 5.41 Å². The Balaban J connectivity index is 2.35. The van der Waals surface area contributed by atoms with Gasteiger partial charge in [-0.05, 0) is 26.3 Å². The van der Waals surface area contributed by atoms with Crippen LogP contribution in [0.1, 0.15) is 33.6 Å². The first-order chi connectivity index (χ1) is 8.93. The molecule has 0 aromatic rings. The first kappa shape index (κ1) is 14.3. The van der Waals surface area contributed by atoms with Crippen LogP contribution in [0.5, 0.6) is 0 Å². The molecule has 0 aromatic carbocycles. The number of ether oxygens (including phenoxy) is 3. The SMILES string of the molecule is C=C(C)C1=CCC2(CC1(C)C(=O)OCC)OCCO2. The van der Waals surface area contributed by atoms with Gasteiger partial charge in [-0.25, -0.2) is 0 Å². The Hall–Kier alpha value is -1.13. The lowest BCUT2D eigenvalue weighted by atomic mass is 9.69. The molecule has 0 N–H and O–H groups in total. The highest BCUT2D eigenvalue weighted by Crippen LogP contribution is 2.48. The molecule has 0 saturated carbocycles. The van der Waals surface area contributed by atoms with Gasteiger partial charge in [0, 0.05) is 12.8 Å². The van der Waals surface area contributed by atoms with Crippen molar-refractivity contribution in [1.29, 1.82) is 0 Å². The van der Waals surface area contributed by atoms with Gasteiger partial charge in [0.05, 0.1) is 25.2 Å². The fourth-order valence-corrected chi connectivity index (χ4v) is 3.02. The zero-order chi connectivity index (χ0) is 14.1. The summed E-state index contributed by atoms with van der Waals surface area (Å²) in [5, 5.41) is 0. The van der Waals surface area contributed by atoms with Crippen LogP contribution >= 0.6 is 0 Å². The van der Waals surface area contributed by atoms with Crippen LogP contribution in [0.25, 0.3) is 0 Å². The van der Waals surface area contributed by atoms with Gasteiger partial charge in [-0.15, -0.1) is 0 Å². The Morgan fingerprint density at radius 1 is 1.47 bits per heavy atom. The summed E-state index contributed by atoms with van der Waals surface area (Å²) in [7, 11) is 0. The zero-order valence-electron chi connectivity index (χ0n) is 12.0. The van der Waals surface area contributed by atoms with Gasteiger partial charge in [0.25, 0.3) is 0 Å². The van der Waals surface area contributed by atoms with Gasteiger partial charge in [0.15, 0.2) is 5.79 Å². The second kappa shape index (κ2) is 5.10. The molecule has 106 valence electrons. The minimum Gasteiger partial charge on any atom is -0.465 e. The van der Waals surface area contributed by atoms with Crippen molar-refractivity contribution >= 4 is 5.97 Å². The molecule has 1 fully saturated rings. The molecule has 1 unspecified atom stereocenters. The molecule has 1 saturated heterocycles. The van der Waals surface area contributed by atoms with Crippen molar-refractivity contribution in [2.45, 2.75) is 39.4 Å². The van der Waals surface area contributed by atoms with Gasteiger partial charge in [0.1, 0.15) is 0 Å². The van der Waals surface area contributed by atoms with E-state index in [1.807, 2.05) is 26.8 Å². The summed E-state index contributed by atoms with van der Waals surface area (Å²) in [5.74, 6) is -0.900. The van der Waals surface area contributed by atoms with Crippen molar-refractivity contribution in [2.24, 2.45) is 5.41 Å². The van der Waals surface area contributed by atoms with Crippen molar-refractivity contribution in [3.63, 3.8) is 0 Å². The van der Waals surface area contributed by atoms with E-state index in [2.05, 4.69) is 6.58 Å². The molecule has 19 heavy (non-hydrogen) atoms. The highest BCUT2D eigenvalue weighted by molar-refractivity contribution is 5.82. The summed E-state index contributed by atoms with van der Waals surface area (Å²) in [6, 6.07) is 0. The highest BCUT2D eigenvalue weighted by atomic mass is 16.7. The Morgan fingerprint density at radius 2 is 2.11 bits per heavy atom. The van der Waals surface area contributed by atoms with Crippen molar-refractivity contribution in [2.75, 3.05) is 19.8 Å². The third kappa shape index (κ3) is 2.47. The van der Waals surface area contributed by atoms with Crippen molar-refractivity contribution in [3.8, 4) is 0 Å². The molecule has 1 aliphatic carbocycles. The maximum absolute atomic E-state index is 12.4. The summed E-state index contributed by atoms with van der Waals surface area (Å²) in [6.07, 6.45) is 3.15.